The van der Waals surface area contributed by atoms with Gasteiger partial charge in [-0.05, 0) is 77.7 Å². The molecule has 9 aromatic rings. The van der Waals surface area contributed by atoms with Crippen molar-refractivity contribution in [1.82, 2.24) is 9.13 Å². The molecule has 42 heavy (non-hydrogen) atoms. The van der Waals surface area contributed by atoms with Crippen LogP contribution in [-0.4, -0.2) is 9.13 Å². The minimum atomic E-state index is 1.01. The van der Waals surface area contributed by atoms with Crippen molar-refractivity contribution in [3.05, 3.63) is 127 Å². The molecule has 2 nitrogen and oxygen atoms in total. The Morgan fingerprint density at radius 2 is 1.10 bits per heavy atom. The van der Waals surface area contributed by atoms with E-state index in [1.807, 2.05) is 11.3 Å². The topological polar surface area (TPSA) is 9.86 Å². The highest BCUT2D eigenvalue weighted by molar-refractivity contribution is 7.26. The normalized spacial score (nSPS) is 12.1. The molecule has 3 heterocycles. The summed E-state index contributed by atoms with van der Waals surface area (Å²) in [4.78, 5) is 0. The molecule has 3 aromatic heterocycles. The van der Waals surface area contributed by atoms with E-state index in [4.69, 9.17) is 0 Å². The number of hydrogen-bond acceptors (Lipinski definition) is 1. The average molecular weight is 557 g/mol. The highest BCUT2D eigenvalue weighted by Crippen LogP contribution is 2.41. The Kier molecular flexibility index (Phi) is 5.00. The summed E-state index contributed by atoms with van der Waals surface area (Å²) < 4.78 is 7.53. The third kappa shape index (κ3) is 3.26. The third-order valence-electron chi connectivity index (χ3n) is 9.10. The lowest BCUT2D eigenvalue weighted by molar-refractivity contribution is 1.01. The van der Waals surface area contributed by atoms with E-state index in [0.29, 0.717) is 0 Å². The molecule has 0 fully saturated rings. The Morgan fingerprint density at radius 3 is 1.86 bits per heavy atom. The molecule has 0 radical (unpaired) electrons. The monoisotopic (exact) mass is 556 g/mol. The van der Waals surface area contributed by atoms with Gasteiger partial charge in [-0.3, -0.25) is 0 Å². The van der Waals surface area contributed by atoms with Gasteiger partial charge < -0.3 is 9.13 Å². The summed E-state index contributed by atoms with van der Waals surface area (Å²) in [6, 6.07) is 45.1. The van der Waals surface area contributed by atoms with Crippen LogP contribution in [0.2, 0.25) is 0 Å². The number of thiophene rings is 1. The molecule has 0 saturated heterocycles. The molecular formula is C39H28N2S. The molecule has 0 aliphatic heterocycles. The fourth-order valence-electron chi connectivity index (χ4n) is 7.05. The van der Waals surface area contributed by atoms with Crippen LogP contribution in [0.5, 0.6) is 0 Å². The van der Waals surface area contributed by atoms with Crippen LogP contribution >= 0.6 is 11.3 Å². The van der Waals surface area contributed by atoms with Gasteiger partial charge in [0.05, 0.1) is 11.0 Å². The summed E-state index contributed by atoms with van der Waals surface area (Å²) in [5, 5.41) is 7.88. The molecule has 0 aliphatic carbocycles. The maximum atomic E-state index is 2.47. The first kappa shape index (κ1) is 23.8. The zero-order valence-electron chi connectivity index (χ0n) is 23.6. The summed E-state index contributed by atoms with van der Waals surface area (Å²) >= 11 is 1.92. The van der Waals surface area contributed by atoms with Crippen LogP contribution in [0.15, 0.2) is 121 Å². The van der Waals surface area contributed by atoms with Gasteiger partial charge in [0.1, 0.15) is 0 Å². The second-order valence-corrected chi connectivity index (χ2v) is 12.4. The van der Waals surface area contributed by atoms with Crippen LogP contribution in [-0.2, 0) is 13.5 Å². The van der Waals surface area contributed by atoms with Crippen LogP contribution in [0.3, 0.4) is 0 Å². The molecule has 0 aliphatic rings. The van der Waals surface area contributed by atoms with Crippen LogP contribution in [0.1, 0.15) is 12.5 Å². The van der Waals surface area contributed by atoms with Gasteiger partial charge in [-0.2, -0.15) is 0 Å². The first-order valence-corrected chi connectivity index (χ1v) is 15.5. The summed E-state index contributed by atoms with van der Waals surface area (Å²) in [5.41, 5.74) is 10.2. The Labute approximate surface area is 247 Å². The zero-order valence-corrected chi connectivity index (χ0v) is 24.4. The van der Waals surface area contributed by atoms with Gasteiger partial charge in [0, 0.05) is 65.5 Å². The average Bonchev–Trinajstić information content (AvgIpc) is 3.68. The van der Waals surface area contributed by atoms with E-state index in [0.717, 1.165) is 6.42 Å². The first-order chi connectivity index (χ1) is 20.7. The molecule has 0 spiro atoms. The minimum Gasteiger partial charge on any atom is -0.344 e. The van der Waals surface area contributed by atoms with Gasteiger partial charge in [0.25, 0.3) is 0 Å². The first-order valence-electron chi connectivity index (χ1n) is 14.6. The summed E-state index contributed by atoms with van der Waals surface area (Å²) in [5.74, 6) is 0. The van der Waals surface area contributed by atoms with Crippen molar-refractivity contribution in [3.63, 3.8) is 0 Å². The number of benzene rings is 6. The molecule has 0 atom stereocenters. The van der Waals surface area contributed by atoms with E-state index in [-0.39, 0.29) is 0 Å². The van der Waals surface area contributed by atoms with Gasteiger partial charge in [-0.25, -0.2) is 0 Å². The Hall–Kier alpha value is -4.86. The Bertz CT molecular complexity index is 2520. The number of aryl methyl sites for hydroxylation is 2. The van der Waals surface area contributed by atoms with Crippen molar-refractivity contribution in [2.75, 3.05) is 0 Å². The van der Waals surface area contributed by atoms with Gasteiger partial charge in [0.2, 0.25) is 0 Å². The molecule has 0 amide bonds. The predicted molar refractivity (Wildman–Crippen MR) is 182 cm³/mol. The molecule has 3 heteroatoms. The smallest absolute Gasteiger partial charge is 0.0541 e. The van der Waals surface area contributed by atoms with E-state index >= 15 is 0 Å². The van der Waals surface area contributed by atoms with Crippen molar-refractivity contribution in [2.45, 2.75) is 13.3 Å². The summed E-state index contributed by atoms with van der Waals surface area (Å²) in [7, 11) is 2.16. The molecule has 0 saturated carbocycles. The number of rotatable bonds is 3. The highest BCUT2D eigenvalue weighted by Gasteiger charge is 2.17. The van der Waals surface area contributed by atoms with Gasteiger partial charge in [-0.1, -0.05) is 73.7 Å². The predicted octanol–water partition coefficient (Wildman–Crippen LogP) is 11.0. The number of nitrogens with zero attached hydrogens (tertiary/aromatic N) is 2. The third-order valence-corrected chi connectivity index (χ3v) is 10.4. The largest absolute Gasteiger partial charge is 0.344 e. The Morgan fingerprint density at radius 1 is 0.524 bits per heavy atom. The maximum Gasteiger partial charge on any atom is 0.0541 e. The van der Waals surface area contributed by atoms with Gasteiger partial charge in [-0.15, -0.1) is 11.3 Å². The van der Waals surface area contributed by atoms with Crippen molar-refractivity contribution in [1.29, 1.82) is 0 Å². The van der Waals surface area contributed by atoms with E-state index < -0.39 is 0 Å². The Balaban J connectivity index is 1.29. The van der Waals surface area contributed by atoms with Crippen LogP contribution in [0, 0.1) is 0 Å². The van der Waals surface area contributed by atoms with Crippen LogP contribution in [0.25, 0.3) is 80.6 Å². The lowest BCUT2D eigenvalue weighted by Crippen LogP contribution is -1.95. The molecule has 6 aromatic carbocycles. The number of fused-ring (bicyclic) bond motifs is 9. The van der Waals surface area contributed by atoms with Crippen LogP contribution in [0.4, 0.5) is 0 Å². The molecular weight excluding hydrogens is 529 g/mol. The minimum absolute atomic E-state index is 1.01. The highest BCUT2D eigenvalue weighted by atomic mass is 32.1. The molecule has 0 bridgehead atoms. The van der Waals surface area contributed by atoms with E-state index in [9.17, 15) is 0 Å². The molecule has 9 rings (SSSR count). The lowest BCUT2D eigenvalue weighted by Gasteiger charge is -2.11. The molecule has 0 unspecified atom stereocenters. The molecule has 200 valence electrons. The van der Waals surface area contributed by atoms with Crippen molar-refractivity contribution < 1.29 is 0 Å². The number of hydrogen-bond donors (Lipinski definition) is 0. The fourth-order valence-corrected chi connectivity index (χ4v) is 8.32. The van der Waals surface area contributed by atoms with Gasteiger partial charge in [0.15, 0.2) is 0 Å². The second kappa shape index (κ2) is 8.82. The standard InChI is InChI=1S/C39H28N2S/c1-3-24-20-27(23-33-30-12-6-9-15-38(30)42-39(24)33)41-36-14-8-5-11-29(36)32-22-26(17-19-37(32)41)25-16-18-35-31(21-25)28-10-4-7-13-34(28)40(35)2/h4-23H,3H2,1-2H3. The van der Waals surface area contributed by atoms with Crippen molar-refractivity contribution in [3.8, 4) is 16.8 Å². The summed E-state index contributed by atoms with van der Waals surface area (Å²) in [6.45, 7) is 2.27. The summed E-state index contributed by atoms with van der Waals surface area (Å²) in [6.07, 6.45) is 1.01. The van der Waals surface area contributed by atoms with E-state index in [1.54, 1.807) is 0 Å². The second-order valence-electron chi connectivity index (χ2n) is 11.3. The zero-order chi connectivity index (χ0) is 27.9. The van der Waals surface area contributed by atoms with Crippen molar-refractivity contribution >= 4 is 75.1 Å². The van der Waals surface area contributed by atoms with E-state index in [2.05, 4.69) is 144 Å². The van der Waals surface area contributed by atoms with Crippen molar-refractivity contribution in [2.24, 2.45) is 7.05 Å². The van der Waals surface area contributed by atoms with Gasteiger partial charge >= 0.3 is 0 Å². The SMILES string of the molecule is CCc1cc(-n2c3ccccc3c3cc(-c4ccc5c(c4)c4ccccc4n5C)ccc32)cc2c1sc1ccccc12. The maximum absolute atomic E-state index is 2.47. The van der Waals surface area contributed by atoms with Crippen LogP contribution < -0.4 is 0 Å². The quantitative estimate of drug-likeness (QED) is 0.205. The number of aromatic nitrogens is 2. The number of para-hydroxylation sites is 2. The van der Waals surface area contributed by atoms with E-state index in [1.165, 1.54) is 86.2 Å². The lowest BCUT2D eigenvalue weighted by atomic mass is 10.0. The molecule has 0 N–H and O–H groups in total. The fraction of sp³-hybridized carbons (Fsp3) is 0.0769.